The number of hydrogen-bond acceptors (Lipinski definition) is 3. The summed E-state index contributed by atoms with van der Waals surface area (Å²) in [6, 6.07) is 4.74. The first-order valence-electron chi connectivity index (χ1n) is 7.26. The van der Waals surface area contributed by atoms with Gasteiger partial charge in [0.25, 0.3) is 0 Å². The van der Waals surface area contributed by atoms with Gasteiger partial charge in [0.05, 0.1) is 12.0 Å². The molecule has 0 spiro atoms. The van der Waals surface area contributed by atoms with E-state index in [1.54, 1.807) is 0 Å². The Kier molecular flexibility index (Phi) is 5.76. The minimum absolute atomic E-state index is 0.163. The van der Waals surface area contributed by atoms with Crippen LogP contribution in [0.2, 0.25) is 5.02 Å². The fourth-order valence-corrected chi connectivity index (χ4v) is 2.32. The number of carboxylic acid groups (broad SMARTS) is 1. The molecule has 26 heavy (non-hydrogen) atoms. The number of nitrogens with zero attached hydrogens (tertiary/aromatic N) is 2. The number of rotatable bonds is 5. The maximum atomic E-state index is 13.3. The Morgan fingerprint density at radius 2 is 1.88 bits per heavy atom. The number of amides is 2. The van der Waals surface area contributed by atoms with Gasteiger partial charge < -0.3 is 10.4 Å². The lowest BCUT2D eigenvalue weighted by Crippen LogP contribution is -2.31. The fraction of sp³-hybridized carbons (Fsp3) is 0.267. The molecule has 1 heterocycles. The first kappa shape index (κ1) is 19.6. The molecule has 2 aromatic rings. The Morgan fingerprint density at radius 1 is 1.27 bits per heavy atom. The summed E-state index contributed by atoms with van der Waals surface area (Å²) in [5, 5.41) is 16.9. The fourth-order valence-electron chi connectivity index (χ4n) is 2.19. The molecule has 0 fully saturated rings. The summed E-state index contributed by atoms with van der Waals surface area (Å²) in [7, 11) is 1.25. The van der Waals surface area contributed by atoms with Crippen molar-refractivity contribution in [2.75, 3.05) is 11.9 Å². The Balaban J connectivity index is 2.39. The molecule has 2 amide bonds. The number of anilines is 1. The second kappa shape index (κ2) is 7.65. The van der Waals surface area contributed by atoms with Gasteiger partial charge in [-0.2, -0.15) is 18.3 Å². The lowest BCUT2D eigenvalue weighted by atomic mass is 10.1. The van der Waals surface area contributed by atoms with E-state index >= 15 is 0 Å². The number of aromatic nitrogens is 2. The van der Waals surface area contributed by atoms with Crippen molar-refractivity contribution in [2.24, 2.45) is 7.05 Å². The van der Waals surface area contributed by atoms with Crippen molar-refractivity contribution in [2.45, 2.75) is 12.6 Å². The van der Waals surface area contributed by atoms with E-state index in [-0.39, 0.29) is 29.9 Å². The van der Waals surface area contributed by atoms with Crippen LogP contribution in [0.5, 0.6) is 0 Å². The molecule has 0 atom stereocenters. The minimum Gasteiger partial charge on any atom is -0.481 e. The summed E-state index contributed by atoms with van der Waals surface area (Å²) in [4.78, 5) is 22.3. The molecule has 0 saturated carbocycles. The first-order chi connectivity index (χ1) is 12.1. The molecule has 0 aliphatic carbocycles. The summed E-state index contributed by atoms with van der Waals surface area (Å²) >= 11 is 5.77. The standard InChI is InChI=1S/C15H14ClF3N4O3/c1-23-13(21-14(26)20-7-6-10(24)25)11(12(22-23)15(17,18)19)8-2-4-9(16)5-3-8/h2-5H,6-7H2,1H3,(H,24,25)(H2,20,21,26). The SMILES string of the molecule is Cn1nc(C(F)(F)F)c(-c2ccc(Cl)cc2)c1NC(=O)NCCC(=O)O. The van der Waals surface area contributed by atoms with Crippen LogP contribution in [0.15, 0.2) is 24.3 Å². The van der Waals surface area contributed by atoms with Crippen LogP contribution in [0.25, 0.3) is 11.1 Å². The van der Waals surface area contributed by atoms with Crippen molar-refractivity contribution in [3.8, 4) is 11.1 Å². The van der Waals surface area contributed by atoms with Crippen molar-refractivity contribution in [3.63, 3.8) is 0 Å². The first-order valence-corrected chi connectivity index (χ1v) is 7.64. The zero-order chi connectivity index (χ0) is 19.5. The van der Waals surface area contributed by atoms with E-state index in [0.717, 1.165) is 4.68 Å². The van der Waals surface area contributed by atoms with E-state index in [2.05, 4.69) is 15.7 Å². The van der Waals surface area contributed by atoms with Crippen LogP contribution in [-0.4, -0.2) is 33.4 Å². The van der Waals surface area contributed by atoms with Gasteiger partial charge in [-0.3, -0.25) is 14.8 Å². The lowest BCUT2D eigenvalue weighted by Gasteiger charge is -2.11. The second-order valence-electron chi connectivity index (χ2n) is 5.23. The summed E-state index contributed by atoms with van der Waals surface area (Å²) in [5.41, 5.74) is -1.32. The van der Waals surface area contributed by atoms with Gasteiger partial charge in [-0.05, 0) is 17.7 Å². The Labute approximate surface area is 150 Å². The third kappa shape index (κ3) is 4.66. The van der Waals surface area contributed by atoms with Crippen molar-refractivity contribution in [3.05, 3.63) is 35.0 Å². The van der Waals surface area contributed by atoms with E-state index in [4.69, 9.17) is 16.7 Å². The maximum absolute atomic E-state index is 13.3. The highest BCUT2D eigenvalue weighted by Crippen LogP contribution is 2.40. The lowest BCUT2D eigenvalue weighted by molar-refractivity contribution is -0.141. The van der Waals surface area contributed by atoms with Crippen molar-refractivity contribution >= 4 is 29.4 Å². The molecular weight excluding hydrogens is 377 g/mol. The molecule has 2 rings (SSSR count). The van der Waals surface area contributed by atoms with Gasteiger partial charge in [-0.1, -0.05) is 23.7 Å². The number of aliphatic carboxylic acids is 1. The van der Waals surface area contributed by atoms with Gasteiger partial charge in [0.2, 0.25) is 0 Å². The normalized spacial score (nSPS) is 11.3. The second-order valence-corrected chi connectivity index (χ2v) is 5.66. The smallest absolute Gasteiger partial charge is 0.435 e. The predicted molar refractivity (Wildman–Crippen MR) is 87.9 cm³/mol. The molecule has 3 N–H and O–H groups in total. The van der Waals surface area contributed by atoms with Gasteiger partial charge in [0.1, 0.15) is 5.82 Å². The Bertz CT molecular complexity index is 819. The van der Waals surface area contributed by atoms with Gasteiger partial charge in [0, 0.05) is 18.6 Å². The van der Waals surface area contributed by atoms with E-state index < -0.39 is 23.9 Å². The molecule has 0 radical (unpaired) electrons. The third-order valence-electron chi connectivity index (χ3n) is 3.30. The van der Waals surface area contributed by atoms with Gasteiger partial charge >= 0.3 is 18.2 Å². The number of carboxylic acids is 1. The van der Waals surface area contributed by atoms with E-state index in [9.17, 15) is 22.8 Å². The van der Waals surface area contributed by atoms with Crippen molar-refractivity contribution in [1.29, 1.82) is 0 Å². The number of hydrogen-bond donors (Lipinski definition) is 3. The Hall–Kier alpha value is -2.75. The van der Waals surface area contributed by atoms with E-state index in [1.807, 2.05) is 0 Å². The van der Waals surface area contributed by atoms with Crippen LogP contribution in [0.3, 0.4) is 0 Å². The van der Waals surface area contributed by atoms with E-state index in [0.29, 0.717) is 5.02 Å². The largest absolute Gasteiger partial charge is 0.481 e. The highest BCUT2D eigenvalue weighted by molar-refractivity contribution is 6.30. The third-order valence-corrected chi connectivity index (χ3v) is 3.56. The van der Waals surface area contributed by atoms with Crippen LogP contribution < -0.4 is 10.6 Å². The zero-order valence-electron chi connectivity index (χ0n) is 13.4. The van der Waals surface area contributed by atoms with Crippen LogP contribution in [-0.2, 0) is 18.0 Å². The number of carbonyl (C=O) groups excluding carboxylic acids is 1. The minimum atomic E-state index is -4.74. The summed E-state index contributed by atoms with van der Waals surface area (Å²) in [5.74, 6) is -1.31. The highest BCUT2D eigenvalue weighted by atomic mass is 35.5. The van der Waals surface area contributed by atoms with Gasteiger partial charge in [-0.25, -0.2) is 4.79 Å². The van der Waals surface area contributed by atoms with Gasteiger partial charge in [0.15, 0.2) is 5.69 Å². The molecule has 0 aliphatic heterocycles. The molecule has 11 heteroatoms. The number of carbonyl (C=O) groups is 2. The number of benzene rings is 1. The van der Waals surface area contributed by atoms with Crippen LogP contribution >= 0.6 is 11.6 Å². The average molecular weight is 391 g/mol. The number of aryl methyl sites for hydroxylation is 1. The van der Waals surface area contributed by atoms with Gasteiger partial charge in [-0.15, -0.1) is 0 Å². The number of halogens is 4. The highest BCUT2D eigenvalue weighted by Gasteiger charge is 2.39. The predicted octanol–water partition coefficient (Wildman–Crippen LogP) is 3.36. The zero-order valence-corrected chi connectivity index (χ0v) is 14.1. The van der Waals surface area contributed by atoms with Crippen LogP contribution in [0.4, 0.5) is 23.8 Å². The monoisotopic (exact) mass is 390 g/mol. The molecule has 7 nitrogen and oxygen atoms in total. The van der Waals surface area contributed by atoms with E-state index in [1.165, 1.54) is 31.3 Å². The summed E-state index contributed by atoms with van der Waals surface area (Å²) < 4.78 is 40.9. The molecular formula is C15H14ClF3N4O3. The molecule has 0 saturated heterocycles. The Morgan fingerprint density at radius 3 is 2.42 bits per heavy atom. The topological polar surface area (TPSA) is 96.3 Å². The maximum Gasteiger partial charge on any atom is 0.435 e. The summed E-state index contributed by atoms with van der Waals surface area (Å²) in [6.45, 7) is -0.179. The summed E-state index contributed by atoms with van der Waals surface area (Å²) in [6.07, 6.45) is -5.07. The molecule has 140 valence electrons. The number of urea groups is 1. The molecule has 1 aromatic heterocycles. The number of alkyl halides is 3. The molecule has 0 aliphatic rings. The van der Waals surface area contributed by atoms with Crippen LogP contribution in [0.1, 0.15) is 12.1 Å². The van der Waals surface area contributed by atoms with Crippen molar-refractivity contribution < 1.29 is 27.9 Å². The average Bonchev–Trinajstić information content (AvgIpc) is 2.85. The quantitative estimate of drug-likeness (QED) is 0.729. The number of nitrogens with one attached hydrogen (secondary N) is 2. The molecule has 0 unspecified atom stereocenters. The van der Waals surface area contributed by atoms with Crippen molar-refractivity contribution in [1.82, 2.24) is 15.1 Å². The molecule has 1 aromatic carbocycles. The van der Waals surface area contributed by atoms with Crippen LogP contribution in [0, 0.1) is 0 Å². The molecule has 0 bridgehead atoms.